The molecule has 9 heteroatoms. The third-order valence-electron chi connectivity index (χ3n) is 3.98. The summed E-state index contributed by atoms with van der Waals surface area (Å²) in [6.45, 7) is 1.74. The quantitative estimate of drug-likeness (QED) is 0.530. The normalized spacial score (nSPS) is 29.5. The van der Waals surface area contributed by atoms with Crippen LogP contribution in [0.15, 0.2) is 33.5 Å². The molecule has 25 heavy (non-hydrogen) atoms. The molecule has 0 spiro atoms. The van der Waals surface area contributed by atoms with Gasteiger partial charge in [0.2, 0.25) is 6.29 Å². The number of aliphatic carboxylic acids is 1. The van der Waals surface area contributed by atoms with Gasteiger partial charge in [-0.25, -0.2) is 9.59 Å². The molecule has 134 valence electrons. The van der Waals surface area contributed by atoms with Crippen molar-refractivity contribution in [1.29, 1.82) is 0 Å². The van der Waals surface area contributed by atoms with Crippen molar-refractivity contribution in [3.8, 4) is 5.75 Å². The maximum Gasteiger partial charge on any atom is 0.336 e. The lowest BCUT2D eigenvalue weighted by Crippen LogP contribution is -2.61. The van der Waals surface area contributed by atoms with Gasteiger partial charge in [0.05, 0.1) is 0 Å². The standard InChI is InChI=1S/C16H16O9/c1-6-4-7(5-9-8(6)2-3-10(17)24-9)23-16-13(20)11(18)12(19)14(25-16)15(21)22/h2-5,11-14,16,18-20H,1H3,(H,21,22)/t11-,12-,13+,14-,16?/m0/s1. The molecule has 2 heterocycles. The first-order chi connectivity index (χ1) is 11.8. The van der Waals surface area contributed by atoms with E-state index in [4.69, 9.17) is 19.0 Å². The fraction of sp³-hybridized carbons (Fsp3) is 0.375. The van der Waals surface area contributed by atoms with E-state index in [2.05, 4.69) is 0 Å². The average Bonchev–Trinajstić information content (AvgIpc) is 2.54. The van der Waals surface area contributed by atoms with Crippen LogP contribution in [0.25, 0.3) is 11.0 Å². The summed E-state index contributed by atoms with van der Waals surface area (Å²) in [4.78, 5) is 22.4. The Morgan fingerprint density at radius 3 is 2.52 bits per heavy atom. The molecule has 0 amide bonds. The Balaban J connectivity index is 1.91. The molecule has 1 aromatic heterocycles. The van der Waals surface area contributed by atoms with Gasteiger partial charge in [-0.05, 0) is 24.6 Å². The van der Waals surface area contributed by atoms with E-state index in [0.29, 0.717) is 10.9 Å². The number of hydrogen-bond acceptors (Lipinski definition) is 8. The third kappa shape index (κ3) is 3.22. The van der Waals surface area contributed by atoms with Crippen molar-refractivity contribution >= 4 is 16.9 Å². The van der Waals surface area contributed by atoms with Crippen LogP contribution in [0, 0.1) is 6.92 Å². The maximum absolute atomic E-state index is 11.3. The topological polar surface area (TPSA) is 147 Å². The van der Waals surface area contributed by atoms with Crippen molar-refractivity contribution in [2.75, 3.05) is 0 Å². The fourth-order valence-corrected chi connectivity index (χ4v) is 2.68. The number of rotatable bonds is 3. The van der Waals surface area contributed by atoms with Gasteiger partial charge in [0.25, 0.3) is 0 Å². The van der Waals surface area contributed by atoms with Crippen LogP contribution in [0.5, 0.6) is 5.75 Å². The highest BCUT2D eigenvalue weighted by Gasteiger charge is 2.48. The molecule has 1 unspecified atom stereocenters. The zero-order valence-electron chi connectivity index (χ0n) is 13.0. The second kappa shape index (κ2) is 6.45. The number of benzene rings is 1. The van der Waals surface area contributed by atoms with Gasteiger partial charge in [0.1, 0.15) is 29.6 Å². The Hall–Kier alpha value is -2.46. The lowest BCUT2D eigenvalue weighted by Gasteiger charge is -2.38. The zero-order chi connectivity index (χ0) is 18.3. The lowest BCUT2D eigenvalue weighted by molar-refractivity contribution is -0.271. The van der Waals surface area contributed by atoms with Gasteiger partial charge in [-0.1, -0.05) is 0 Å². The number of ether oxygens (including phenoxy) is 2. The van der Waals surface area contributed by atoms with Gasteiger partial charge in [-0.3, -0.25) is 0 Å². The summed E-state index contributed by atoms with van der Waals surface area (Å²) >= 11 is 0. The van der Waals surface area contributed by atoms with E-state index in [-0.39, 0.29) is 11.3 Å². The third-order valence-corrected chi connectivity index (χ3v) is 3.98. The summed E-state index contributed by atoms with van der Waals surface area (Å²) in [6.07, 6.45) is -8.54. The van der Waals surface area contributed by atoms with Gasteiger partial charge in [0, 0.05) is 17.5 Å². The van der Waals surface area contributed by atoms with Gasteiger partial charge in [-0.2, -0.15) is 0 Å². The van der Waals surface area contributed by atoms with E-state index in [1.54, 1.807) is 19.1 Å². The van der Waals surface area contributed by atoms with E-state index in [9.17, 15) is 24.9 Å². The molecule has 3 rings (SSSR count). The SMILES string of the molecule is Cc1cc(OC2O[C@H](C(=O)O)[C@@H](O)[C@H](O)[C@H]2O)cc2oc(=O)ccc12. The summed E-state index contributed by atoms with van der Waals surface area (Å²) in [5.74, 6) is -1.37. The second-order valence-corrected chi connectivity index (χ2v) is 5.76. The van der Waals surface area contributed by atoms with Crippen LogP contribution in [0.4, 0.5) is 0 Å². The summed E-state index contributed by atoms with van der Waals surface area (Å²) in [5.41, 5.74) is 0.391. The first-order valence-corrected chi connectivity index (χ1v) is 7.41. The molecule has 0 radical (unpaired) electrons. The number of aliphatic hydroxyl groups is 3. The monoisotopic (exact) mass is 352 g/mol. The molecular weight excluding hydrogens is 336 g/mol. The molecule has 2 aromatic rings. The van der Waals surface area contributed by atoms with Crippen LogP contribution in [-0.2, 0) is 9.53 Å². The Morgan fingerprint density at radius 1 is 1.12 bits per heavy atom. The first-order valence-electron chi connectivity index (χ1n) is 7.41. The molecule has 0 aliphatic carbocycles. The van der Waals surface area contributed by atoms with E-state index in [1.165, 1.54) is 12.1 Å². The molecule has 9 nitrogen and oxygen atoms in total. The Kier molecular flexibility index (Phi) is 4.48. The van der Waals surface area contributed by atoms with Crippen molar-refractivity contribution in [2.24, 2.45) is 0 Å². The summed E-state index contributed by atoms with van der Waals surface area (Å²) < 4.78 is 15.5. The minimum atomic E-state index is -1.80. The molecule has 1 aliphatic rings. The molecule has 1 saturated heterocycles. The molecule has 5 atom stereocenters. The summed E-state index contributed by atoms with van der Waals surface area (Å²) in [5, 5.41) is 39.1. The smallest absolute Gasteiger partial charge is 0.336 e. The van der Waals surface area contributed by atoms with E-state index in [1.807, 2.05) is 0 Å². The highest BCUT2D eigenvalue weighted by atomic mass is 16.7. The number of hydrogen-bond donors (Lipinski definition) is 4. The van der Waals surface area contributed by atoms with Gasteiger partial charge in [0.15, 0.2) is 6.10 Å². The average molecular weight is 352 g/mol. The molecule has 4 N–H and O–H groups in total. The van der Waals surface area contributed by atoms with E-state index in [0.717, 1.165) is 0 Å². The number of carboxylic acid groups (broad SMARTS) is 1. The molecule has 1 fully saturated rings. The molecule has 1 aliphatic heterocycles. The van der Waals surface area contributed by atoms with Gasteiger partial charge < -0.3 is 34.3 Å². The predicted molar refractivity (Wildman–Crippen MR) is 82.2 cm³/mol. The van der Waals surface area contributed by atoms with Crippen LogP contribution < -0.4 is 10.4 Å². The number of carbonyl (C=O) groups is 1. The second-order valence-electron chi connectivity index (χ2n) is 5.76. The first kappa shape index (κ1) is 17.4. The number of fused-ring (bicyclic) bond motifs is 1. The van der Waals surface area contributed by atoms with Crippen molar-refractivity contribution in [2.45, 2.75) is 37.6 Å². The van der Waals surface area contributed by atoms with Crippen LogP contribution in [0.2, 0.25) is 0 Å². The fourth-order valence-electron chi connectivity index (χ4n) is 2.68. The van der Waals surface area contributed by atoms with Gasteiger partial charge in [-0.15, -0.1) is 0 Å². The van der Waals surface area contributed by atoms with Crippen molar-refractivity contribution in [3.05, 3.63) is 40.2 Å². The Labute approximate surface area is 140 Å². The number of aryl methyl sites for hydroxylation is 1. The van der Waals surface area contributed by atoms with Crippen LogP contribution in [-0.4, -0.2) is 57.1 Å². The zero-order valence-corrected chi connectivity index (χ0v) is 13.0. The van der Waals surface area contributed by atoms with Crippen molar-refractivity contribution in [3.63, 3.8) is 0 Å². The Morgan fingerprint density at radius 2 is 1.84 bits per heavy atom. The molecule has 1 aromatic carbocycles. The maximum atomic E-state index is 11.3. The van der Waals surface area contributed by atoms with Crippen LogP contribution >= 0.6 is 0 Å². The minimum absolute atomic E-state index is 0.135. The van der Waals surface area contributed by atoms with Gasteiger partial charge >= 0.3 is 11.6 Å². The highest BCUT2D eigenvalue weighted by molar-refractivity contribution is 5.81. The molecule has 0 saturated carbocycles. The summed E-state index contributed by atoms with van der Waals surface area (Å²) in [6, 6.07) is 5.82. The number of carboxylic acids is 1. The molecule has 0 bridgehead atoms. The van der Waals surface area contributed by atoms with E-state index >= 15 is 0 Å². The summed E-state index contributed by atoms with van der Waals surface area (Å²) in [7, 11) is 0. The van der Waals surface area contributed by atoms with Crippen LogP contribution in [0.3, 0.4) is 0 Å². The van der Waals surface area contributed by atoms with Crippen molar-refractivity contribution < 1.29 is 39.1 Å². The predicted octanol–water partition coefficient (Wildman–Crippen LogP) is -0.628. The Bertz CT molecular complexity index is 858. The van der Waals surface area contributed by atoms with Crippen LogP contribution in [0.1, 0.15) is 5.56 Å². The minimum Gasteiger partial charge on any atom is -0.479 e. The largest absolute Gasteiger partial charge is 0.479 e. The number of aliphatic hydroxyl groups excluding tert-OH is 3. The van der Waals surface area contributed by atoms with E-state index < -0.39 is 42.3 Å². The highest BCUT2D eigenvalue weighted by Crippen LogP contribution is 2.28. The molecular formula is C16H16O9. The van der Waals surface area contributed by atoms with Crippen molar-refractivity contribution in [1.82, 2.24) is 0 Å². The lowest BCUT2D eigenvalue weighted by atomic mass is 9.99.